The van der Waals surface area contributed by atoms with Crippen molar-refractivity contribution in [2.24, 2.45) is 11.3 Å². The number of rotatable bonds is 4. The van der Waals surface area contributed by atoms with E-state index >= 15 is 0 Å². The topological polar surface area (TPSA) is 37.8 Å². The minimum atomic E-state index is -0.359. The zero-order valence-corrected chi connectivity index (χ0v) is 10.6. The van der Waals surface area contributed by atoms with Gasteiger partial charge in [-0.05, 0) is 18.3 Å². The summed E-state index contributed by atoms with van der Waals surface area (Å²) in [5, 5.41) is 3.05. The molecule has 16 heavy (non-hydrogen) atoms. The van der Waals surface area contributed by atoms with E-state index in [1.165, 1.54) is 6.33 Å². The molecule has 1 aromatic heterocycles. The fourth-order valence-corrected chi connectivity index (χ4v) is 1.10. The second-order valence-electron chi connectivity index (χ2n) is 5.12. The van der Waals surface area contributed by atoms with Gasteiger partial charge in [-0.3, -0.25) is 0 Å². The molecule has 0 saturated heterocycles. The van der Waals surface area contributed by atoms with Gasteiger partial charge in [0.1, 0.15) is 6.33 Å². The van der Waals surface area contributed by atoms with Crippen LogP contribution in [-0.2, 0) is 0 Å². The van der Waals surface area contributed by atoms with Crippen LogP contribution in [0.2, 0.25) is 0 Å². The Morgan fingerprint density at radius 1 is 1.38 bits per heavy atom. The fourth-order valence-electron chi connectivity index (χ4n) is 1.10. The van der Waals surface area contributed by atoms with Gasteiger partial charge in [0.15, 0.2) is 11.6 Å². The second-order valence-corrected chi connectivity index (χ2v) is 5.12. The molecule has 0 fully saturated rings. The fraction of sp³-hybridized carbons (Fsp3) is 0.667. The summed E-state index contributed by atoms with van der Waals surface area (Å²) in [5.41, 5.74) is 0.477. The minimum Gasteiger partial charge on any atom is -0.367 e. The minimum absolute atomic E-state index is 0.102. The lowest BCUT2D eigenvalue weighted by molar-refractivity contribution is 0.269. The van der Waals surface area contributed by atoms with Crippen LogP contribution in [0.1, 0.15) is 33.4 Å². The highest BCUT2D eigenvalue weighted by atomic mass is 19.1. The molecule has 0 aromatic carbocycles. The van der Waals surface area contributed by atoms with Crippen LogP contribution in [0.4, 0.5) is 10.2 Å². The lowest BCUT2D eigenvalue weighted by atomic mass is 9.81. The first-order valence-electron chi connectivity index (χ1n) is 5.55. The third kappa shape index (κ3) is 2.90. The van der Waals surface area contributed by atoms with Gasteiger partial charge in [-0.2, -0.15) is 0 Å². The molecule has 1 aromatic rings. The number of nitrogens with one attached hydrogen (secondary N) is 1. The van der Waals surface area contributed by atoms with Gasteiger partial charge in [-0.15, -0.1) is 0 Å². The first-order valence-corrected chi connectivity index (χ1v) is 5.55. The highest BCUT2D eigenvalue weighted by molar-refractivity contribution is 5.37. The Kier molecular flexibility index (Phi) is 3.83. The van der Waals surface area contributed by atoms with E-state index < -0.39 is 0 Å². The monoisotopic (exact) mass is 225 g/mol. The Bertz CT molecular complexity index is 361. The van der Waals surface area contributed by atoms with Crippen LogP contribution in [0.3, 0.4) is 0 Å². The van der Waals surface area contributed by atoms with Gasteiger partial charge in [0.05, 0.1) is 5.69 Å². The molecule has 1 heterocycles. The third-order valence-electron chi connectivity index (χ3n) is 3.24. The van der Waals surface area contributed by atoms with E-state index in [1.807, 2.05) is 0 Å². The van der Waals surface area contributed by atoms with Crippen LogP contribution in [0.5, 0.6) is 0 Å². The molecule has 0 atom stereocenters. The van der Waals surface area contributed by atoms with Gasteiger partial charge in [0.25, 0.3) is 0 Å². The normalized spacial score (nSPS) is 11.9. The number of aryl methyl sites for hydroxylation is 1. The lowest BCUT2D eigenvalue weighted by Crippen LogP contribution is -2.29. The number of hydrogen-bond acceptors (Lipinski definition) is 3. The maximum Gasteiger partial charge on any atom is 0.186 e. The summed E-state index contributed by atoms with van der Waals surface area (Å²) in [7, 11) is 0. The molecule has 1 N–H and O–H groups in total. The van der Waals surface area contributed by atoms with Gasteiger partial charge < -0.3 is 5.32 Å². The van der Waals surface area contributed by atoms with E-state index in [0.717, 1.165) is 0 Å². The summed E-state index contributed by atoms with van der Waals surface area (Å²) in [5.74, 6) is 0.453. The number of halogens is 1. The van der Waals surface area contributed by atoms with Crippen molar-refractivity contribution in [3.8, 4) is 0 Å². The van der Waals surface area contributed by atoms with Crippen molar-refractivity contribution in [1.29, 1.82) is 0 Å². The molecule has 0 bridgehead atoms. The maximum absolute atomic E-state index is 13.6. The first-order chi connectivity index (χ1) is 7.34. The highest BCUT2D eigenvalue weighted by Crippen LogP contribution is 2.26. The summed E-state index contributed by atoms with van der Waals surface area (Å²) in [6.07, 6.45) is 1.38. The maximum atomic E-state index is 13.6. The summed E-state index contributed by atoms with van der Waals surface area (Å²) in [6, 6.07) is 0. The summed E-state index contributed by atoms with van der Waals surface area (Å²) in [6.45, 7) is 10.9. The molecule has 0 amide bonds. The molecule has 1 rings (SSSR count). The van der Waals surface area contributed by atoms with Gasteiger partial charge in [0.2, 0.25) is 0 Å². The van der Waals surface area contributed by atoms with Gasteiger partial charge in [-0.25, -0.2) is 14.4 Å². The summed E-state index contributed by atoms with van der Waals surface area (Å²) in [4.78, 5) is 7.70. The Labute approximate surface area is 96.5 Å². The van der Waals surface area contributed by atoms with Crippen molar-refractivity contribution < 1.29 is 4.39 Å². The van der Waals surface area contributed by atoms with E-state index in [4.69, 9.17) is 0 Å². The molecule has 0 aliphatic rings. The number of anilines is 1. The summed E-state index contributed by atoms with van der Waals surface area (Å²) >= 11 is 0. The van der Waals surface area contributed by atoms with E-state index in [1.54, 1.807) is 6.92 Å². The van der Waals surface area contributed by atoms with E-state index in [-0.39, 0.29) is 11.2 Å². The zero-order valence-electron chi connectivity index (χ0n) is 10.6. The Hall–Kier alpha value is -1.19. The Balaban J connectivity index is 2.72. The predicted molar refractivity (Wildman–Crippen MR) is 63.8 cm³/mol. The van der Waals surface area contributed by atoms with Crippen LogP contribution in [0.15, 0.2) is 6.33 Å². The van der Waals surface area contributed by atoms with Crippen molar-refractivity contribution in [1.82, 2.24) is 9.97 Å². The Morgan fingerprint density at radius 2 is 2.00 bits per heavy atom. The van der Waals surface area contributed by atoms with Gasteiger partial charge in [0, 0.05) is 6.54 Å². The zero-order chi connectivity index (χ0) is 12.3. The number of aromatic nitrogens is 2. The van der Waals surface area contributed by atoms with E-state index in [2.05, 4.69) is 43.0 Å². The molecule has 0 aliphatic heterocycles. The number of nitrogens with zero attached hydrogens (tertiary/aromatic N) is 2. The average molecular weight is 225 g/mol. The first kappa shape index (κ1) is 12.9. The van der Waals surface area contributed by atoms with Crippen molar-refractivity contribution >= 4 is 5.82 Å². The molecule has 0 spiro atoms. The predicted octanol–water partition coefficient (Wildman–Crippen LogP) is 3.02. The van der Waals surface area contributed by atoms with Crippen molar-refractivity contribution in [3.05, 3.63) is 17.8 Å². The lowest BCUT2D eigenvalue weighted by Gasteiger charge is -2.29. The highest BCUT2D eigenvalue weighted by Gasteiger charge is 2.22. The van der Waals surface area contributed by atoms with Crippen LogP contribution in [0.25, 0.3) is 0 Å². The molecular weight excluding hydrogens is 205 g/mol. The van der Waals surface area contributed by atoms with Gasteiger partial charge >= 0.3 is 0 Å². The molecule has 0 saturated carbocycles. The van der Waals surface area contributed by atoms with Gasteiger partial charge in [-0.1, -0.05) is 27.7 Å². The Morgan fingerprint density at radius 3 is 2.56 bits per heavy atom. The van der Waals surface area contributed by atoms with Crippen LogP contribution in [-0.4, -0.2) is 16.5 Å². The molecule has 4 heteroatoms. The standard InChI is InChI=1S/C12H20FN3/c1-8(2)12(4,5)6-14-11-10(13)9(3)15-7-16-11/h7-8H,6H2,1-5H3,(H,14,15,16). The van der Waals surface area contributed by atoms with Crippen LogP contribution < -0.4 is 5.32 Å². The molecule has 3 nitrogen and oxygen atoms in total. The summed E-state index contributed by atoms with van der Waals surface area (Å²) < 4.78 is 13.6. The molecular formula is C12H20FN3. The average Bonchev–Trinajstić information content (AvgIpc) is 2.20. The van der Waals surface area contributed by atoms with E-state index in [0.29, 0.717) is 24.0 Å². The molecule has 0 unspecified atom stereocenters. The smallest absolute Gasteiger partial charge is 0.186 e. The van der Waals surface area contributed by atoms with Crippen molar-refractivity contribution in [3.63, 3.8) is 0 Å². The molecule has 0 radical (unpaired) electrons. The van der Waals surface area contributed by atoms with Crippen LogP contribution in [0, 0.1) is 24.1 Å². The third-order valence-corrected chi connectivity index (χ3v) is 3.24. The van der Waals surface area contributed by atoms with E-state index in [9.17, 15) is 4.39 Å². The van der Waals surface area contributed by atoms with Crippen LogP contribution >= 0.6 is 0 Å². The largest absolute Gasteiger partial charge is 0.367 e. The number of hydrogen-bond donors (Lipinski definition) is 1. The SMILES string of the molecule is Cc1ncnc(NCC(C)(C)C(C)C)c1F. The molecule has 90 valence electrons. The second kappa shape index (κ2) is 4.76. The van der Waals surface area contributed by atoms with Crippen molar-refractivity contribution in [2.45, 2.75) is 34.6 Å². The molecule has 0 aliphatic carbocycles. The van der Waals surface area contributed by atoms with Crippen molar-refractivity contribution in [2.75, 3.05) is 11.9 Å². The quantitative estimate of drug-likeness (QED) is 0.856.